The highest BCUT2D eigenvalue weighted by Crippen LogP contribution is 2.22. The molecule has 0 heterocycles. The number of nitrogens with one attached hydrogen (secondary N) is 1. The third-order valence-electron chi connectivity index (χ3n) is 3.39. The molecule has 0 aromatic heterocycles. The van der Waals surface area contributed by atoms with Gasteiger partial charge in [-0.25, -0.2) is 0 Å². The van der Waals surface area contributed by atoms with E-state index in [0.29, 0.717) is 6.04 Å². The summed E-state index contributed by atoms with van der Waals surface area (Å²) < 4.78 is 0. The molecule has 0 bridgehead atoms. The maximum Gasteiger partial charge on any atom is 0.00932 e. The first-order valence-electron chi connectivity index (χ1n) is 6.09. The zero-order valence-corrected chi connectivity index (χ0v) is 10.2. The second kappa shape index (κ2) is 5.72. The van der Waals surface area contributed by atoms with Crippen molar-refractivity contribution in [2.45, 2.75) is 64.6 Å². The van der Waals surface area contributed by atoms with Crippen molar-refractivity contribution in [3.8, 4) is 0 Å². The maximum absolute atomic E-state index is 3.64. The number of hydrogen-bond acceptors (Lipinski definition) is 2. The Balaban J connectivity index is 2.24. The second-order valence-electron chi connectivity index (χ2n) is 4.90. The van der Waals surface area contributed by atoms with Crippen LogP contribution in [-0.2, 0) is 0 Å². The summed E-state index contributed by atoms with van der Waals surface area (Å²) in [7, 11) is 2.25. The maximum atomic E-state index is 3.64. The van der Waals surface area contributed by atoms with Crippen LogP contribution in [0.4, 0.5) is 0 Å². The largest absolute Gasteiger partial charge is 0.312 e. The predicted octanol–water partition coefficient (Wildman–Crippen LogP) is 2.25. The van der Waals surface area contributed by atoms with Crippen LogP contribution < -0.4 is 5.32 Å². The first kappa shape index (κ1) is 12.0. The van der Waals surface area contributed by atoms with E-state index in [-0.39, 0.29) is 0 Å². The van der Waals surface area contributed by atoms with Crippen molar-refractivity contribution < 1.29 is 0 Å². The minimum absolute atomic E-state index is 0.639. The third kappa shape index (κ3) is 3.58. The lowest BCUT2D eigenvalue weighted by atomic mass is 9.90. The number of rotatable bonds is 4. The standard InChI is InChI=1S/C12H26N2/c1-5-14(4)12-8-6-11(7-9-12)13-10(2)3/h10-13H,5-9H2,1-4H3/t11-,12+. The lowest BCUT2D eigenvalue weighted by Crippen LogP contribution is -2.42. The molecule has 0 aromatic carbocycles. The SMILES string of the molecule is CCN(C)[C@H]1CC[C@@H](NC(C)C)CC1. The number of nitrogens with zero attached hydrogens (tertiary/aromatic N) is 1. The molecule has 1 saturated carbocycles. The highest BCUT2D eigenvalue weighted by Gasteiger charge is 2.23. The van der Waals surface area contributed by atoms with Crippen molar-refractivity contribution in [3.63, 3.8) is 0 Å². The van der Waals surface area contributed by atoms with E-state index in [1.807, 2.05) is 0 Å². The Bertz CT molecular complexity index is 148. The van der Waals surface area contributed by atoms with Gasteiger partial charge in [-0.1, -0.05) is 20.8 Å². The van der Waals surface area contributed by atoms with Gasteiger partial charge in [0.1, 0.15) is 0 Å². The van der Waals surface area contributed by atoms with Crippen LogP contribution in [0.25, 0.3) is 0 Å². The van der Waals surface area contributed by atoms with Gasteiger partial charge < -0.3 is 10.2 Å². The fraction of sp³-hybridized carbons (Fsp3) is 1.00. The minimum atomic E-state index is 0.639. The van der Waals surface area contributed by atoms with Gasteiger partial charge in [0.25, 0.3) is 0 Å². The molecule has 0 amide bonds. The molecule has 1 fully saturated rings. The summed E-state index contributed by atoms with van der Waals surface area (Å²) in [5.41, 5.74) is 0. The van der Waals surface area contributed by atoms with Gasteiger partial charge >= 0.3 is 0 Å². The van der Waals surface area contributed by atoms with E-state index in [0.717, 1.165) is 12.1 Å². The smallest absolute Gasteiger partial charge is 0.00932 e. The van der Waals surface area contributed by atoms with Crippen LogP contribution in [0.2, 0.25) is 0 Å². The summed E-state index contributed by atoms with van der Waals surface area (Å²) >= 11 is 0. The molecule has 84 valence electrons. The van der Waals surface area contributed by atoms with Crippen molar-refractivity contribution in [2.75, 3.05) is 13.6 Å². The fourth-order valence-corrected chi connectivity index (χ4v) is 2.41. The Kier molecular flexibility index (Phi) is 4.90. The Morgan fingerprint density at radius 2 is 1.79 bits per heavy atom. The molecular weight excluding hydrogens is 172 g/mol. The molecule has 0 radical (unpaired) electrons. The van der Waals surface area contributed by atoms with Crippen molar-refractivity contribution in [3.05, 3.63) is 0 Å². The highest BCUT2D eigenvalue weighted by molar-refractivity contribution is 4.82. The molecule has 0 saturated heterocycles. The normalized spacial score (nSPS) is 28.7. The van der Waals surface area contributed by atoms with Gasteiger partial charge in [0.05, 0.1) is 0 Å². The van der Waals surface area contributed by atoms with Crippen LogP contribution in [0.1, 0.15) is 46.5 Å². The third-order valence-corrected chi connectivity index (χ3v) is 3.39. The molecule has 1 aliphatic rings. The molecule has 1 aliphatic carbocycles. The number of hydrogen-bond donors (Lipinski definition) is 1. The van der Waals surface area contributed by atoms with E-state index in [9.17, 15) is 0 Å². The van der Waals surface area contributed by atoms with Crippen LogP contribution in [0.3, 0.4) is 0 Å². The Morgan fingerprint density at radius 3 is 2.21 bits per heavy atom. The molecule has 0 atom stereocenters. The Labute approximate surface area is 89.1 Å². The van der Waals surface area contributed by atoms with Crippen LogP contribution in [0.15, 0.2) is 0 Å². The van der Waals surface area contributed by atoms with E-state index in [1.165, 1.54) is 32.2 Å². The van der Waals surface area contributed by atoms with Crippen LogP contribution >= 0.6 is 0 Å². The topological polar surface area (TPSA) is 15.3 Å². The van der Waals surface area contributed by atoms with Crippen molar-refractivity contribution in [2.24, 2.45) is 0 Å². The van der Waals surface area contributed by atoms with Crippen molar-refractivity contribution in [1.82, 2.24) is 10.2 Å². The lowest BCUT2D eigenvalue weighted by Gasteiger charge is -2.35. The minimum Gasteiger partial charge on any atom is -0.312 e. The summed E-state index contributed by atoms with van der Waals surface area (Å²) in [6.45, 7) is 7.92. The van der Waals surface area contributed by atoms with Crippen molar-refractivity contribution in [1.29, 1.82) is 0 Å². The van der Waals surface area contributed by atoms with E-state index in [4.69, 9.17) is 0 Å². The Hall–Kier alpha value is -0.0800. The van der Waals surface area contributed by atoms with Gasteiger partial charge in [-0.15, -0.1) is 0 Å². The van der Waals surface area contributed by atoms with E-state index in [1.54, 1.807) is 0 Å². The molecule has 1 rings (SSSR count). The van der Waals surface area contributed by atoms with E-state index >= 15 is 0 Å². The van der Waals surface area contributed by atoms with E-state index < -0.39 is 0 Å². The summed E-state index contributed by atoms with van der Waals surface area (Å²) in [5.74, 6) is 0. The first-order valence-corrected chi connectivity index (χ1v) is 6.09. The molecule has 14 heavy (non-hydrogen) atoms. The van der Waals surface area contributed by atoms with Crippen LogP contribution in [-0.4, -0.2) is 36.6 Å². The van der Waals surface area contributed by atoms with Crippen LogP contribution in [0, 0.1) is 0 Å². The quantitative estimate of drug-likeness (QED) is 0.745. The molecule has 0 unspecified atom stereocenters. The van der Waals surface area contributed by atoms with Gasteiger partial charge in [0.2, 0.25) is 0 Å². The molecule has 1 N–H and O–H groups in total. The van der Waals surface area contributed by atoms with Crippen LogP contribution in [0.5, 0.6) is 0 Å². The monoisotopic (exact) mass is 198 g/mol. The van der Waals surface area contributed by atoms with Gasteiger partial charge in [0.15, 0.2) is 0 Å². The molecule has 2 heteroatoms. The summed E-state index contributed by atoms with van der Waals surface area (Å²) in [5, 5.41) is 3.64. The van der Waals surface area contributed by atoms with E-state index in [2.05, 4.69) is 38.0 Å². The zero-order valence-electron chi connectivity index (χ0n) is 10.2. The highest BCUT2D eigenvalue weighted by atomic mass is 15.1. The van der Waals surface area contributed by atoms with Gasteiger partial charge in [-0.2, -0.15) is 0 Å². The summed E-state index contributed by atoms with van der Waals surface area (Å²) in [4.78, 5) is 2.49. The fourth-order valence-electron chi connectivity index (χ4n) is 2.41. The second-order valence-corrected chi connectivity index (χ2v) is 4.90. The predicted molar refractivity (Wildman–Crippen MR) is 62.6 cm³/mol. The summed E-state index contributed by atoms with van der Waals surface area (Å²) in [6, 6.07) is 2.25. The first-order chi connectivity index (χ1) is 6.63. The summed E-state index contributed by atoms with van der Waals surface area (Å²) in [6.07, 6.45) is 5.45. The van der Waals surface area contributed by atoms with Gasteiger partial charge in [-0.05, 0) is 39.3 Å². The van der Waals surface area contributed by atoms with Gasteiger partial charge in [-0.3, -0.25) is 0 Å². The zero-order chi connectivity index (χ0) is 10.6. The van der Waals surface area contributed by atoms with Gasteiger partial charge in [0, 0.05) is 18.1 Å². The average molecular weight is 198 g/mol. The molecule has 2 nitrogen and oxygen atoms in total. The average Bonchev–Trinajstić information content (AvgIpc) is 2.17. The van der Waals surface area contributed by atoms with Crippen molar-refractivity contribution >= 4 is 0 Å². The molecular formula is C12H26N2. The molecule has 0 aromatic rings. The molecule has 0 aliphatic heterocycles. The lowest BCUT2D eigenvalue weighted by molar-refractivity contribution is 0.178. The Morgan fingerprint density at radius 1 is 1.21 bits per heavy atom. The molecule has 0 spiro atoms.